The van der Waals surface area contributed by atoms with Crippen molar-refractivity contribution in [3.63, 3.8) is 0 Å². The van der Waals surface area contributed by atoms with Gasteiger partial charge >= 0.3 is 0 Å². The van der Waals surface area contributed by atoms with E-state index in [0.717, 1.165) is 43.2 Å². The summed E-state index contributed by atoms with van der Waals surface area (Å²) < 4.78 is 13.2. The molecular formula is C25H33N3O3S. The summed E-state index contributed by atoms with van der Waals surface area (Å²) in [5.74, 6) is 1.56. The van der Waals surface area contributed by atoms with Gasteiger partial charge in [-0.05, 0) is 86.5 Å². The molecule has 0 aliphatic carbocycles. The van der Waals surface area contributed by atoms with E-state index in [1.54, 1.807) is 0 Å². The van der Waals surface area contributed by atoms with Crippen LogP contribution in [-0.4, -0.2) is 54.1 Å². The summed E-state index contributed by atoms with van der Waals surface area (Å²) >= 11 is 1.87. The zero-order chi connectivity index (χ0) is 22.8. The van der Waals surface area contributed by atoms with E-state index in [1.165, 1.54) is 27.1 Å². The van der Waals surface area contributed by atoms with Crippen molar-refractivity contribution in [2.75, 3.05) is 33.0 Å². The molecule has 0 spiro atoms. The van der Waals surface area contributed by atoms with Crippen LogP contribution in [0.2, 0.25) is 0 Å². The molecule has 32 heavy (non-hydrogen) atoms. The first kappa shape index (κ1) is 23.0. The van der Waals surface area contributed by atoms with E-state index in [0.29, 0.717) is 6.54 Å². The van der Waals surface area contributed by atoms with Crippen LogP contribution in [0.5, 0.6) is 11.5 Å². The number of aryl methyl sites for hydroxylation is 2. The third kappa shape index (κ3) is 4.90. The first-order valence-corrected chi connectivity index (χ1v) is 12.0. The Morgan fingerprint density at radius 1 is 1.00 bits per heavy atom. The maximum Gasteiger partial charge on any atom is 0.237 e. The van der Waals surface area contributed by atoms with Crippen molar-refractivity contribution >= 4 is 17.9 Å². The fourth-order valence-corrected chi connectivity index (χ4v) is 5.38. The molecule has 1 unspecified atom stereocenters. The highest BCUT2D eigenvalue weighted by atomic mass is 32.2. The molecule has 7 heteroatoms. The van der Waals surface area contributed by atoms with Crippen LogP contribution in [0.25, 0.3) is 0 Å². The van der Waals surface area contributed by atoms with Gasteiger partial charge in [-0.1, -0.05) is 12.1 Å². The topological polar surface area (TPSA) is 54.0 Å². The van der Waals surface area contributed by atoms with Crippen LogP contribution in [0, 0.1) is 27.7 Å². The molecule has 1 atom stereocenters. The van der Waals surface area contributed by atoms with Crippen molar-refractivity contribution < 1.29 is 14.3 Å². The molecule has 0 aromatic heterocycles. The van der Waals surface area contributed by atoms with E-state index in [2.05, 4.69) is 48.3 Å². The third-order valence-electron chi connectivity index (χ3n) is 6.62. The Bertz CT molecular complexity index is 976. The van der Waals surface area contributed by atoms with Gasteiger partial charge in [0.1, 0.15) is 0 Å². The van der Waals surface area contributed by atoms with Gasteiger partial charge in [-0.25, -0.2) is 4.31 Å². The molecule has 2 aromatic carbocycles. The van der Waals surface area contributed by atoms with Crippen molar-refractivity contribution in [2.45, 2.75) is 52.1 Å². The lowest BCUT2D eigenvalue weighted by molar-refractivity contribution is -0.126. The molecule has 2 aromatic rings. The van der Waals surface area contributed by atoms with Crippen LogP contribution in [0.4, 0.5) is 0 Å². The highest BCUT2D eigenvalue weighted by Crippen LogP contribution is 2.34. The maximum absolute atomic E-state index is 12.8. The molecule has 1 fully saturated rings. The van der Waals surface area contributed by atoms with Gasteiger partial charge in [0.2, 0.25) is 12.7 Å². The van der Waals surface area contributed by atoms with Gasteiger partial charge in [0.25, 0.3) is 0 Å². The number of hydrogen-bond donors (Lipinski definition) is 1. The Morgan fingerprint density at radius 3 is 2.34 bits per heavy atom. The SMILES string of the molecule is Cc1cc(C)c(C)c(SN2CCN(C(C)C(=O)NCc3ccc4c(c3)OCO4)CC2)c1C. The van der Waals surface area contributed by atoms with Crippen LogP contribution in [0.15, 0.2) is 29.2 Å². The molecule has 2 aliphatic rings. The van der Waals surface area contributed by atoms with Gasteiger partial charge in [0.15, 0.2) is 11.5 Å². The van der Waals surface area contributed by atoms with Crippen molar-refractivity contribution in [1.29, 1.82) is 0 Å². The number of nitrogens with one attached hydrogen (secondary N) is 1. The molecule has 1 saturated heterocycles. The molecule has 1 N–H and O–H groups in total. The number of fused-ring (bicyclic) bond motifs is 1. The summed E-state index contributed by atoms with van der Waals surface area (Å²) in [7, 11) is 0. The maximum atomic E-state index is 12.8. The molecule has 2 heterocycles. The average molecular weight is 456 g/mol. The Kier molecular flexibility index (Phi) is 6.98. The lowest BCUT2D eigenvalue weighted by Crippen LogP contribution is -2.52. The van der Waals surface area contributed by atoms with Gasteiger partial charge in [-0.2, -0.15) is 0 Å². The van der Waals surface area contributed by atoms with Crippen LogP contribution < -0.4 is 14.8 Å². The van der Waals surface area contributed by atoms with Crippen LogP contribution >= 0.6 is 11.9 Å². The van der Waals surface area contributed by atoms with Crippen molar-refractivity contribution in [3.8, 4) is 11.5 Å². The highest BCUT2D eigenvalue weighted by molar-refractivity contribution is 7.97. The van der Waals surface area contributed by atoms with Crippen LogP contribution in [0.1, 0.15) is 34.7 Å². The number of ether oxygens (including phenoxy) is 2. The van der Waals surface area contributed by atoms with Crippen molar-refractivity contribution in [1.82, 2.24) is 14.5 Å². The molecule has 172 valence electrons. The number of rotatable bonds is 6. The van der Waals surface area contributed by atoms with E-state index in [9.17, 15) is 4.79 Å². The van der Waals surface area contributed by atoms with Crippen molar-refractivity contribution in [3.05, 3.63) is 52.1 Å². The van der Waals surface area contributed by atoms with Crippen LogP contribution in [-0.2, 0) is 11.3 Å². The van der Waals surface area contributed by atoms with E-state index in [-0.39, 0.29) is 18.7 Å². The predicted molar refractivity (Wildman–Crippen MR) is 128 cm³/mol. The van der Waals surface area contributed by atoms with Gasteiger partial charge in [0.05, 0.1) is 6.04 Å². The molecule has 0 bridgehead atoms. The Morgan fingerprint density at radius 2 is 1.66 bits per heavy atom. The summed E-state index contributed by atoms with van der Waals surface area (Å²) in [4.78, 5) is 16.4. The summed E-state index contributed by atoms with van der Waals surface area (Å²) in [6.45, 7) is 15.2. The fourth-order valence-electron chi connectivity index (χ4n) is 4.18. The molecule has 0 radical (unpaired) electrons. The molecule has 4 rings (SSSR count). The van der Waals surface area contributed by atoms with E-state index in [4.69, 9.17) is 9.47 Å². The zero-order valence-corrected chi connectivity index (χ0v) is 20.5. The number of amides is 1. The fraction of sp³-hybridized carbons (Fsp3) is 0.480. The summed E-state index contributed by atoms with van der Waals surface area (Å²) in [6.07, 6.45) is 0. The second-order valence-corrected chi connectivity index (χ2v) is 9.83. The number of carbonyl (C=O) groups excluding carboxylic acids is 1. The Hall–Kier alpha value is -2.22. The first-order chi connectivity index (χ1) is 15.3. The van der Waals surface area contributed by atoms with Crippen molar-refractivity contribution in [2.24, 2.45) is 0 Å². The molecule has 6 nitrogen and oxygen atoms in total. The first-order valence-electron chi connectivity index (χ1n) is 11.2. The summed E-state index contributed by atoms with van der Waals surface area (Å²) in [5.41, 5.74) is 6.45. The smallest absolute Gasteiger partial charge is 0.237 e. The largest absolute Gasteiger partial charge is 0.454 e. The number of hydrogen-bond acceptors (Lipinski definition) is 6. The zero-order valence-electron chi connectivity index (χ0n) is 19.7. The second-order valence-electron chi connectivity index (χ2n) is 8.73. The lowest BCUT2D eigenvalue weighted by atomic mass is 10.0. The van der Waals surface area contributed by atoms with Gasteiger partial charge in [-0.15, -0.1) is 0 Å². The summed E-state index contributed by atoms with van der Waals surface area (Å²) in [5, 5.41) is 3.07. The molecule has 0 saturated carbocycles. The van der Waals surface area contributed by atoms with Crippen LogP contribution in [0.3, 0.4) is 0 Å². The lowest BCUT2D eigenvalue weighted by Gasteiger charge is -2.37. The number of carbonyl (C=O) groups is 1. The van der Waals surface area contributed by atoms with Gasteiger partial charge < -0.3 is 14.8 Å². The quantitative estimate of drug-likeness (QED) is 0.665. The minimum absolute atomic E-state index is 0.0600. The average Bonchev–Trinajstić information content (AvgIpc) is 3.27. The summed E-state index contributed by atoms with van der Waals surface area (Å²) in [6, 6.07) is 7.91. The molecule has 1 amide bonds. The standard InChI is InChI=1S/C25H33N3O3S/c1-16-12-17(2)19(4)24(18(16)3)32-28-10-8-27(9-11-28)20(5)25(29)26-14-21-6-7-22-23(13-21)31-15-30-22/h6-7,12-13,20H,8-11,14-15H2,1-5H3,(H,26,29). The third-order valence-corrected chi connectivity index (χ3v) is 8.04. The normalized spacial score (nSPS) is 17.4. The Balaban J connectivity index is 1.28. The minimum Gasteiger partial charge on any atom is -0.454 e. The van der Waals surface area contributed by atoms with E-state index in [1.807, 2.05) is 37.1 Å². The number of piperazine rings is 1. The number of nitrogens with zero attached hydrogens (tertiary/aromatic N) is 2. The van der Waals surface area contributed by atoms with E-state index < -0.39 is 0 Å². The second kappa shape index (κ2) is 9.73. The monoisotopic (exact) mass is 455 g/mol. The number of benzene rings is 2. The highest BCUT2D eigenvalue weighted by Gasteiger charge is 2.26. The molecule has 2 aliphatic heterocycles. The predicted octanol–water partition coefficient (Wildman–Crippen LogP) is 3.98. The molecular weight excluding hydrogens is 422 g/mol. The minimum atomic E-state index is -0.152. The van der Waals surface area contributed by atoms with E-state index >= 15 is 0 Å². The Labute approximate surface area is 195 Å². The van der Waals surface area contributed by atoms with Gasteiger partial charge in [0, 0.05) is 37.6 Å². The van der Waals surface area contributed by atoms with Gasteiger partial charge in [-0.3, -0.25) is 9.69 Å².